The maximum absolute atomic E-state index is 5.34. The molecule has 0 spiro atoms. The van der Waals surface area contributed by atoms with E-state index in [2.05, 4.69) is 154 Å². The van der Waals surface area contributed by atoms with Crippen molar-refractivity contribution >= 4 is 35.3 Å². The number of nitrogens with zero attached hydrogens (tertiary/aromatic N) is 4. The molecule has 5 atom stereocenters. The molecule has 0 radical (unpaired) electrons. The minimum atomic E-state index is -0.122. The zero-order valence-corrected chi connectivity index (χ0v) is 26.8. The van der Waals surface area contributed by atoms with Crippen LogP contribution in [0, 0.1) is 11.8 Å². The van der Waals surface area contributed by atoms with Gasteiger partial charge in [0, 0.05) is 51.2 Å². The Bertz CT molecular complexity index is 2250. The molecule has 0 amide bonds. The van der Waals surface area contributed by atoms with E-state index in [4.69, 9.17) is 9.98 Å². The van der Waals surface area contributed by atoms with Gasteiger partial charge in [0.1, 0.15) is 6.17 Å². The Kier molecular flexibility index (Phi) is 6.39. The lowest BCUT2D eigenvalue weighted by atomic mass is 9.86. The summed E-state index contributed by atoms with van der Waals surface area (Å²) in [7, 11) is 0. The first-order chi connectivity index (χ1) is 23.8. The van der Waals surface area contributed by atoms with Gasteiger partial charge in [0.15, 0.2) is 5.84 Å². The van der Waals surface area contributed by atoms with Crippen molar-refractivity contribution in [2.75, 3.05) is 4.90 Å². The lowest BCUT2D eigenvalue weighted by Crippen LogP contribution is -2.50. The fraction of sp³-hybridized carbons (Fsp3) is 0.209. The number of amidine groups is 1. The second-order valence-electron chi connectivity index (χ2n) is 13.6. The standard InChI is InChI=1S/C43H37N5/c1-3-14-28(15-4-1)41-44-42(29-16-5-2-6-17-29)46-43(45-41)48-38-25-13-24-37(40(38)34-26-30-18-7-8-19-31(30)27-39(34)48)47-35-22-11-9-20-32(35)33-21-10-12-23-36(33)47/h1-12,14-16,19-24,26-27,29-30,32,35,42H,13,17-18,25H2,(H,44,45,46). The molecule has 0 saturated carbocycles. The van der Waals surface area contributed by atoms with Crippen LogP contribution in [0.15, 0.2) is 143 Å². The number of para-hydroxylation sites is 1. The SMILES string of the molecule is C1=CCC2C=c3c4c(n(C5=NC(c6ccccc6)=NC(C6C=CC=CC6)N5)c3=CC2=C1)CCC=C4N1c2ccccc2C2C=CC=CC21. The summed E-state index contributed by atoms with van der Waals surface area (Å²) in [4.78, 5) is 13.2. The van der Waals surface area contributed by atoms with Crippen LogP contribution < -0.4 is 20.8 Å². The molecular formula is C43H37N5. The second-order valence-corrected chi connectivity index (χ2v) is 13.6. The molecular weight excluding hydrogens is 587 g/mol. The molecule has 7 aliphatic rings. The molecule has 5 aliphatic carbocycles. The van der Waals surface area contributed by atoms with Crippen LogP contribution in [0.1, 0.15) is 47.6 Å². The summed E-state index contributed by atoms with van der Waals surface area (Å²) in [5.74, 6) is 2.61. The summed E-state index contributed by atoms with van der Waals surface area (Å²) in [5.41, 5.74) is 9.12. The fourth-order valence-corrected chi connectivity index (χ4v) is 8.65. The van der Waals surface area contributed by atoms with E-state index in [-0.39, 0.29) is 18.1 Å². The minimum absolute atomic E-state index is 0.122. The second kappa shape index (κ2) is 11.1. The van der Waals surface area contributed by atoms with Gasteiger partial charge in [-0.15, -0.1) is 0 Å². The Morgan fingerprint density at radius 2 is 1.69 bits per heavy atom. The number of nitrogens with one attached hydrogen (secondary N) is 1. The van der Waals surface area contributed by atoms with Gasteiger partial charge in [-0.1, -0.05) is 128 Å². The molecule has 0 fully saturated rings. The van der Waals surface area contributed by atoms with E-state index in [1.807, 2.05) is 0 Å². The normalized spacial score (nSPS) is 27.2. The van der Waals surface area contributed by atoms with Gasteiger partial charge in [0.25, 0.3) is 0 Å². The zero-order valence-electron chi connectivity index (χ0n) is 26.8. The van der Waals surface area contributed by atoms with Crippen LogP contribution in [0.3, 0.4) is 0 Å². The highest BCUT2D eigenvalue weighted by Gasteiger charge is 2.41. The Labute approximate surface area is 281 Å². The fourth-order valence-electron chi connectivity index (χ4n) is 8.65. The molecule has 1 aromatic heterocycles. The Morgan fingerprint density at radius 1 is 0.833 bits per heavy atom. The van der Waals surface area contributed by atoms with E-state index in [9.17, 15) is 0 Å². The van der Waals surface area contributed by atoms with Crippen molar-refractivity contribution in [3.8, 4) is 0 Å². The van der Waals surface area contributed by atoms with Crippen molar-refractivity contribution in [1.29, 1.82) is 0 Å². The van der Waals surface area contributed by atoms with Gasteiger partial charge in [0.2, 0.25) is 5.96 Å². The molecule has 5 heteroatoms. The predicted octanol–water partition coefficient (Wildman–Crippen LogP) is 6.66. The van der Waals surface area contributed by atoms with Crippen molar-refractivity contribution in [2.45, 2.75) is 43.8 Å². The van der Waals surface area contributed by atoms with Crippen molar-refractivity contribution < 1.29 is 0 Å². The topological polar surface area (TPSA) is 44.9 Å². The molecule has 10 rings (SSSR count). The van der Waals surface area contributed by atoms with Gasteiger partial charge in [-0.25, -0.2) is 4.99 Å². The highest BCUT2D eigenvalue weighted by molar-refractivity contribution is 6.08. The van der Waals surface area contributed by atoms with E-state index < -0.39 is 0 Å². The lowest BCUT2D eigenvalue weighted by Gasteiger charge is -2.33. The average molecular weight is 624 g/mol. The van der Waals surface area contributed by atoms with Crippen molar-refractivity contribution in [3.05, 3.63) is 166 Å². The summed E-state index contributed by atoms with van der Waals surface area (Å²) in [5, 5.41) is 6.41. The Hall–Kier alpha value is -5.42. The van der Waals surface area contributed by atoms with Crippen molar-refractivity contribution in [1.82, 2.24) is 9.88 Å². The molecule has 3 aromatic rings. The molecule has 5 unspecified atom stereocenters. The van der Waals surface area contributed by atoms with Crippen LogP contribution in [0.2, 0.25) is 0 Å². The van der Waals surface area contributed by atoms with Gasteiger partial charge < -0.3 is 10.2 Å². The number of aromatic nitrogens is 1. The molecule has 0 saturated heterocycles. The third-order valence-electron chi connectivity index (χ3n) is 10.9. The van der Waals surface area contributed by atoms with E-state index >= 15 is 0 Å². The van der Waals surface area contributed by atoms with Gasteiger partial charge >= 0.3 is 0 Å². The number of anilines is 1. The molecule has 1 N–H and O–H groups in total. The third-order valence-corrected chi connectivity index (χ3v) is 10.9. The minimum Gasteiger partial charge on any atom is -0.333 e. The maximum Gasteiger partial charge on any atom is 0.211 e. The van der Waals surface area contributed by atoms with Crippen molar-refractivity contribution in [2.24, 2.45) is 21.8 Å². The highest BCUT2D eigenvalue weighted by Crippen LogP contribution is 2.48. The van der Waals surface area contributed by atoms with Crippen LogP contribution in [0.25, 0.3) is 17.8 Å². The zero-order chi connectivity index (χ0) is 31.6. The monoisotopic (exact) mass is 623 g/mol. The Morgan fingerprint density at radius 3 is 2.60 bits per heavy atom. The first-order valence-corrected chi connectivity index (χ1v) is 17.4. The summed E-state index contributed by atoms with van der Waals surface area (Å²) < 4.78 is 2.45. The summed E-state index contributed by atoms with van der Waals surface area (Å²) >= 11 is 0. The van der Waals surface area contributed by atoms with E-state index in [1.165, 1.54) is 44.3 Å². The van der Waals surface area contributed by atoms with E-state index in [1.54, 1.807) is 0 Å². The average Bonchev–Trinajstić information content (AvgIpc) is 3.67. The Balaban J connectivity index is 1.19. The smallest absolute Gasteiger partial charge is 0.211 e. The molecule has 48 heavy (non-hydrogen) atoms. The van der Waals surface area contributed by atoms with Gasteiger partial charge in [-0.3, -0.25) is 4.57 Å². The maximum atomic E-state index is 5.34. The number of hydrogen-bond acceptors (Lipinski definition) is 4. The number of allylic oxidation sites excluding steroid dienone is 10. The molecule has 0 bridgehead atoms. The van der Waals surface area contributed by atoms with Crippen LogP contribution in [-0.2, 0) is 6.42 Å². The summed E-state index contributed by atoms with van der Waals surface area (Å²) in [6, 6.07) is 19.7. The van der Waals surface area contributed by atoms with Crippen LogP contribution in [0.5, 0.6) is 0 Å². The quantitative estimate of drug-likeness (QED) is 0.355. The molecule has 5 nitrogen and oxygen atoms in total. The largest absolute Gasteiger partial charge is 0.333 e. The predicted molar refractivity (Wildman–Crippen MR) is 197 cm³/mol. The molecule has 3 heterocycles. The summed E-state index contributed by atoms with van der Waals surface area (Å²) in [6.07, 6.45) is 36.0. The van der Waals surface area contributed by atoms with E-state index in [0.29, 0.717) is 11.8 Å². The van der Waals surface area contributed by atoms with Crippen LogP contribution in [0.4, 0.5) is 5.69 Å². The number of fused-ring (bicyclic) bond motifs is 7. The highest BCUT2D eigenvalue weighted by atomic mass is 15.3. The van der Waals surface area contributed by atoms with Crippen LogP contribution >= 0.6 is 0 Å². The molecule has 2 aliphatic heterocycles. The molecule has 2 aromatic carbocycles. The lowest BCUT2D eigenvalue weighted by molar-refractivity contribution is 0.469. The number of benzene rings is 2. The van der Waals surface area contributed by atoms with Gasteiger partial charge in [0.05, 0.1) is 11.4 Å². The first kappa shape index (κ1) is 27.7. The number of rotatable bonds is 3. The number of aliphatic imine (C=N–C) groups is 2. The van der Waals surface area contributed by atoms with Crippen molar-refractivity contribution in [3.63, 3.8) is 0 Å². The molecule has 234 valence electrons. The third kappa shape index (κ3) is 4.30. The van der Waals surface area contributed by atoms with Crippen LogP contribution in [-0.4, -0.2) is 28.6 Å². The van der Waals surface area contributed by atoms with Gasteiger partial charge in [-0.05, 0) is 49.0 Å². The van der Waals surface area contributed by atoms with Gasteiger partial charge in [-0.2, -0.15) is 4.99 Å². The summed E-state index contributed by atoms with van der Waals surface area (Å²) in [6.45, 7) is 0. The first-order valence-electron chi connectivity index (χ1n) is 17.4. The number of hydrogen-bond donors (Lipinski definition) is 1. The van der Waals surface area contributed by atoms with E-state index in [0.717, 1.165) is 43.0 Å².